The summed E-state index contributed by atoms with van der Waals surface area (Å²) in [6.45, 7) is 2.18. The van der Waals surface area contributed by atoms with E-state index in [-0.39, 0.29) is 18.6 Å². The topological polar surface area (TPSA) is 61.4 Å². The van der Waals surface area contributed by atoms with Gasteiger partial charge in [-0.2, -0.15) is 0 Å². The second-order valence-electron chi connectivity index (χ2n) is 6.57. The highest BCUT2D eigenvalue weighted by atomic mass is 16.3. The van der Waals surface area contributed by atoms with Crippen LogP contribution >= 0.6 is 0 Å². The van der Waals surface area contributed by atoms with Crippen molar-refractivity contribution in [3.05, 3.63) is 0 Å². The first-order chi connectivity index (χ1) is 9.70. The van der Waals surface area contributed by atoms with Crippen LogP contribution in [0, 0.1) is 5.92 Å². The van der Waals surface area contributed by atoms with Crippen LogP contribution in [0.5, 0.6) is 0 Å². The predicted molar refractivity (Wildman–Crippen MR) is 80.4 cm³/mol. The van der Waals surface area contributed by atoms with Crippen LogP contribution in [0.1, 0.15) is 64.7 Å². The minimum Gasteiger partial charge on any atom is -0.396 e. The van der Waals surface area contributed by atoms with E-state index < -0.39 is 0 Å². The summed E-state index contributed by atoms with van der Waals surface area (Å²) in [5.74, 6) is 0.438. The van der Waals surface area contributed by atoms with E-state index in [1.165, 1.54) is 32.1 Å². The number of amides is 1. The molecule has 0 heterocycles. The second-order valence-corrected chi connectivity index (χ2v) is 6.57. The molecule has 2 fully saturated rings. The number of aliphatic hydroxyl groups excluding tert-OH is 1. The van der Waals surface area contributed by atoms with Crippen molar-refractivity contribution in [2.24, 2.45) is 5.92 Å². The zero-order valence-electron chi connectivity index (χ0n) is 12.7. The van der Waals surface area contributed by atoms with Gasteiger partial charge in [-0.25, -0.2) is 0 Å². The zero-order valence-corrected chi connectivity index (χ0v) is 12.7. The molecule has 3 unspecified atom stereocenters. The largest absolute Gasteiger partial charge is 0.396 e. The standard InChI is InChI=1S/C16H30N2O2/c1-12(16(20)18-14-8-3-2-4-9-14)17-15-10-6-5-7-13(15)11-19/h12-15,17,19H,2-11H2,1H3,(H,18,20). The minimum absolute atomic E-state index is 0.124. The SMILES string of the molecule is CC(NC1CCCCC1CO)C(=O)NC1CCCCC1. The van der Waals surface area contributed by atoms with E-state index in [1.807, 2.05) is 6.92 Å². The van der Waals surface area contributed by atoms with Crippen molar-refractivity contribution in [3.8, 4) is 0 Å². The van der Waals surface area contributed by atoms with Crippen molar-refractivity contribution in [3.63, 3.8) is 0 Å². The Morgan fingerprint density at radius 2 is 1.75 bits per heavy atom. The average molecular weight is 282 g/mol. The van der Waals surface area contributed by atoms with Crippen molar-refractivity contribution in [2.75, 3.05) is 6.61 Å². The number of carbonyl (C=O) groups is 1. The van der Waals surface area contributed by atoms with Gasteiger partial charge in [0, 0.05) is 18.7 Å². The lowest BCUT2D eigenvalue weighted by Crippen LogP contribution is -2.52. The van der Waals surface area contributed by atoms with E-state index in [0.29, 0.717) is 18.0 Å². The Morgan fingerprint density at radius 1 is 1.10 bits per heavy atom. The van der Waals surface area contributed by atoms with Crippen LogP contribution < -0.4 is 10.6 Å². The van der Waals surface area contributed by atoms with Gasteiger partial charge in [-0.05, 0) is 38.5 Å². The van der Waals surface area contributed by atoms with E-state index in [4.69, 9.17) is 0 Å². The molecule has 0 aromatic heterocycles. The molecule has 3 atom stereocenters. The lowest BCUT2D eigenvalue weighted by atomic mass is 9.84. The molecule has 0 radical (unpaired) electrons. The highest BCUT2D eigenvalue weighted by molar-refractivity contribution is 5.81. The predicted octanol–water partition coefficient (Wildman–Crippen LogP) is 1.96. The van der Waals surface area contributed by atoms with E-state index in [0.717, 1.165) is 25.7 Å². The van der Waals surface area contributed by atoms with Crippen molar-refractivity contribution in [2.45, 2.75) is 82.8 Å². The van der Waals surface area contributed by atoms with E-state index in [1.54, 1.807) is 0 Å². The number of carbonyl (C=O) groups excluding carboxylic acids is 1. The van der Waals surface area contributed by atoms with Crippen LogP contribution in [0.3, 0.4) is 0 Å². The molecule has 20 heavy (non-hydrogen) atoms. The smallest absolute Gasteiger partial charge is 0.237 e. The Kier molecular flexibility index (Phi) is 6.30. The monoisotopic (exact) mass is 282 g/mol. The second kappa shape index (κ2) is 7.99. The molecule has 2 rings (SSSR count). The van der Waals surface area contributed by atoms with Gasteiger partial charge >= 0.3 is 0 Å². The van der Waals surface area contributed by atoms with Gasteiger partial charge in [-0.3, -0.25) is 4.79 Å². The molecule has 0 aromatic rings. The summed E-state index contributed by atoms with van der Waals surface area (Å²) in [7, 11) is 0. The average Bonchev–Trinajstić information content (AvgIpc) is 2.48. The third-order valence-electron chi connectivity index (χ3n) is 4.95. The number of rotatable bonds is 5. The maximum absolute atomic E-state index is 12.2. The fourth-order valence-corrected chi connectivity index (χ4v) is 3.62. The molecule has 2 saturated carbocycles. The van der Waals surface area contributed by atoms with Crippen molar-refractivity contribution >= 4 is 5.91 Å². The van der Waals surface area contributed by atoms with Gasteiger partial charge in [0.05, 0.1) is 6.04 Å². The van der Waals surface area contributed by atoms with Gasteiger partial charge in [-0.1, -0.05) is 32.1 Å². The quantitative estimate of drug-likeness (QED) is 0.722. The third-order valence-corrected chi connectivity index (χ3v) is 4.95. The van der Waals surface area contributed by atoms with Gasteiger partial charge in [0.1, 0.15) is 0 Å². The van der Waals surface area contributed by atoms with Crippen molar-refractivity contribution in [1.29, 1.82) is 0 Å². The van der Waals surface area contributed by atoms with E-state index in [9.17, 15) is 9.90 Å². The lowest BCUT2D eigenvalue weighted by molar-refractivity contribution is -0.124. The van der Waals surface area contributed by atoms with Crippen molar-refractivity contribution in [1.82, 2.24) is 10.6 Å². The fourth-order valence-electron chi connectivity index (χ4n) is 3.62. The number of hydrogen-bond donors (Lipinski definition) is 3. The molecule has 0 aromatic carbocycles. The van der Waals surface area contributed by atoms with Crippen LogP contribution in [0.2, 0.25) is 0 Å². The van der Waals surface area contributed by atoms with Crippen LogP contribution in [0.15, 0.2) is 0 Å². The molecule has 0 bridgehead atoms. The zero-order chi connectivity index (χ0) is 14.4. The summed E-state index contributed by atoms with van der Waals surface area (Å²) in [6, 6.07) is 0.510. The summed E-state index contributed by atoms with van der Waals surface area (Å²) in [5.41, 5.74) is 0. The molecule has 0 spiro atoms. The van der Waals surface area contributed by atoms with E-state index in [2.05, 4.69) is 10.6 Å². The van der Waals surface area contributed by atoms with Crippen LogP contribution in [0.25, 0.3) is 0 Å². The first kappa shape index (κ1) is 15.8. The lowest BCUT2D eigenvalue weighted by Gasteiger charge is -2.33. The molecular formula is C16H30N2O2. The van der Waals surface area contributed by atoms with Crippen LogP contribution in [0.4, 0.5) is 0 Å². The molecule has 0 saturated heterocycles. The molecule has 4 heteroatoms. The van der Waals surface area contributed by atoms with Crippen molar-refractivity contribution < 1.29 is 9.90 Å². The van der Waals surface area contributed by atoms with Gasteiger partial charge in [0.25, 0.3) is 0 Å². The number of aliphatic hydroxyl groups is 1. The fraction of sp³-hybridized carbons (Fsp3) is 0.938. The summed E-state index contributed by atoms with van der Waals surface area (Å²) in [6.07, 6.45) is 10.6. The minimum atomic E-state index is -0.158. The van der Waals surface area contributed by atoms with Gasteiger partial charge in [0.15, 0.2) is 0 Å². The molecule has 1 amide bonds. The Balaban J connectivity index is 1.77. The first-order valence-electron chi connectivity index (χ1n) is 8.38. The van der Waals surface area contributed by atoms with Gasteiger partial charge in [-0.15, -0.1) is 0 Å². The van der Waals surface area contributed by atoms with Gasteiger partial charge in [0.2, 0.25) is 5.91 Å². The Bertz CT molecular complexity index is 303. The number of nitrogens with one attached hydrogen (secondary N) is 2. The highest BCUT2D eigenvalue weighted by Gasteiger charge is 2.28. The first-order valence-corrected chi connectivity index (χ1v) is 8.38. The molecule has 0 aliphatic heterocycles. The van der Waals surface area contributed by atoms with Gasteiger partial charge < -0.3 is 15.7 Å². The summed E-state index contributed by atoms with van der Waals surface area (Å²) < 4.78 is 0. The summed E-state index contributed by atoms with van der Waals surface area (Å²) in [5, 5.41) is 16.0. The number of hydrogen-bond acceptors (Lipinski definition) is 3. The van der Waals surface area contributed by atoms with Crippen LogP contribution in [-0.4, -0.2) is 35.7 Å². The Morgan fingerprint density at radius 3 is 2.45 bits per heavy atom. The summed E-state index contributed by atoms with van der Waals surface area (Å²) in [4.78, 5) is 12.2. The Hall–Kier alpha value is -0.610. The molecule has 2 aliphatic carbocycles. The van der Waals surface area contributed by atoms with Crippen LogP contribution in [-0.2, 0) is 4.79 Å². The molecule has 2 aliphatic rings. The molecular weight excluding hydrogens is 252 g/mol. The molecule has 4 nitrogen and oxygen atoms in total. The molecule has 3 N–H and O–H groups in total. The normalized spacial score (nSPS) is 29.9. The highest BCUT2D eigenvalue weighted by Crippen LogP contribution is 2.24. The third kappa shape index (κ3) is 4.45. The molecule has 116 valence electrons. The summed E-state index contributed by atoms with van der Waals surface area (Å²) >= 11 is 0. The maximum atomic E-state index is 12.2. The maximum Gasteiger partial charge on any atom is 0.237 e. The Labute approximate surface area is 122 Å². The van der Waals surface area contributed by atoms with E-state index >= 15 is 0 Å².